The van der Waals surface area contributed by atoms with Crippen LogP contribution in [0.1, 0.15) is 5.56 Å². The van der Waals surface area contributed by atoms with E-state index in [1.54, 1.807) is 0 Å². The molecule has 1 atom stereocenters. The van der Waals surface area contributed by atoms with Gasteiger partial charge < -0.3 is 9.47 Å². The van der Waals surface area contributed by atoms with Gasteiger partial charge >= 0.3 is 0 Å². The van der Waals surface area contributed by atoms with Gasteiger partial charge in [0.15, 0.2) is 0 Å². The summed E-state index contributed by atoms with van der Waals surface area (Å²) >= 11 is 0. The zero-order valence-corrected chi connectivity index (χ0v) is 7.53. The molecule has 69 valence electrons. The molecular weight excluding hydrogens is 164 g/mol. The summed E-state index contributed by atoms with van der Waals surface area (Å²) in [4.78, 5) is 0. The van der Waals surface area contributed by atoms with Crippen molar-refractivity contribution < 1.29 is 9.47 Å². The lowest BCUT2D eigenvalue weighted by Crippen LogP contribution is -2.04. The van der Waals surface area contributed by atoms with Crippen molar-refractivity contribution in [3.63, 3.8) is 0 Å². The highest BCUT2D eigenvalue weighted by Gasteiger charge is 2.21. The second-order valence-corrected chi connectivity index (χ2v) is 3.19. The fraction of sp³-hybridized carbons (Fsp3) is 0.455. The smallest absolute Gasteiger partial charge is 0.104 e. The van der Waals surface area contributed by atoms with E-state index in [4.69, 9.17) is 9.47 Å². The van der Waals surface area contributed by atoms with E-state index in [0.29, 0.717) is 6.10 Å². The Morgan fingerprint density at radius 1 is 1.46 bits per heavy atom. The zero-order valence-electron chi connectivity index (χ0n) is 7.53. The molecule has 13 heavy (non-hydrogen) atoms. The Morgan fingerprint density at radius 3 is 2.92 bits per heavy atom. The van der Waals surface area contributed by atoms with Gasteiger partial charge in [-0.2, -0.15) is 0 Å². The van der Waals surface area contributed by atoms with Gasteiger partial charge in [-0.3, -0.25) is 0 Å². The molecule has 1 aliphatic rings. The van der Waals surface area contributed by atoms with Crippen LogP contribution in [0.2, 0.25) is 0 Å². The van der Waals surface area contributed by atoms with Crippen LogP contribution in [0.15, 0.2) is 24.3 Å². The molecule has 1 radical (unpaired) electrons. The molecule has 1 heterocycles. The molecule has 0 bridgehead atoms. The average Bonchev–Trinajstić information content (AvgIpc) is 2.98. The Balaban J connectivity index is 1.61. The summed E-state index contributed by atoms with van der Waals surface area (Å²) in [5.74, 6) is 0. The van der Waals surface area contributed by atoms with Crippen molar-refractivity contribution in [1.29, 1.82) is 0 Å². The highest BCUT2D eigenvalue weighted by molar-refractivity contribution is 5.13. The van der Waals surface area contributed by atoms with Gasteiger partial charge in [0.05, 0.1) is 19.8 Å². The van der Waals surface area contributed by atoms with Gasteiger partial charge in [-0.15, -0.1) is 0 Å². The third kappa shape index (κ3) is 3.17. The number of epoxide rings is 1. The molecule has 0 amide bonds. The minimum absolute atomic E-state index is 0.379. The highest BCUT2D eigenvalue weighted by atomic mass is 16.6. The number of benzene rings is 1. The van der Waals surface area contributed by atoms with E-state index in [2.05, 4.69) is 18.2 Å². The standard InChI is InChI=1S/C11H13O2/c1-2-4-10(5-3-1)6-7-12-8-11-9-13-11/h2-5,11H,6-9H2. The summed E-state index contributed by atoms with van der Waals surface area (Å²) in [6.07, 6.45) is 1.35. The molecule has 1 aromatic carbocycles. The first-order valence-corrected chi connectivity index (χ1v) is 4.59. The second kappa shape index (κ2) is 4.40. The number of ether oxygens (including phenoxy) is 2. The molecule has 2 heteroatoms. The molecular formula is C11H13O2. The van der Waals surface area contributed by atoms with E-state index in [9.17, 15) is 0 Å². The molecule has 2 rings (SSSR count). The maximum atomic E-state index is 5.43. The summed E-state index contributed by atoms with van der Waals surface area (Å²) in [6, 6.07) is 11.0. The van der Waals surface area contributed by atoms with Crippen LogP contribution in [0, 0.1) is 6.07 Å². The van der Waals surface area contributed by atoms with Crippen molar-refractivity contribution in [2.75, 3.05) is 19.8 Å². The molecule has 1 unspecified atom stereocenters. The summed E-state index contributed by atoms with van der Waals surface area (Å²) < 4.78 is 10.5. The lowest BCUT2D eigenvalue weighted by atomic mass is 10.2. The van der Waals surface area contributed by atoms with Crippen LogP contribution in [0.3, 0.4) is 0 Å². The van der Waals surface area contributed by atoms with Crippen LogP contribution in [-0.2, 0) is 15.9 Å². The predicted molar refractivity (Wildman–Crippen MR) is 49.5 cm³/mol. The molecule has 0 saturated carbocycles. The maximum Gasteiger partial charge on any atom is 0.104 e. The minimum Gasteiger partial charge on any atom is -0.378 e. The fourth-order valence-corrected chi connectivity index (χ4v) is 1.16. The van der Waals surface area contributed by atoms with Crippen LogP contribution in [-0.4, -0.2) is 25.9 Å². The summed E-state index contributed by atoms with van der Waals surface area (Å²) in [5, 5.41) is 0. The fourth-order valence-electron chi connectivity index (χ4n) is 1.16. The van der Waals surface area contributed by atoms with Gasteiger partial charge in [0.25, 0.3) is 0 Å². The van der Waals surface area contributed by atoms with E-state index >= 15 is 0 Å². The van der Waals surface area contributed by atoms with Crippen molar-refractivity contribution in [3.8, 4) is 0 Å². The minimum atomic E-state index is 0.379. The van der Waals surface area contributed by atoms with Crippen molar-refractivity contribution in [3.05, 3.63) is 35.9 Å². The van der Waals surface area contributed by atoms with Gasteiger partial charge in [0.1, 0.15) is 6.10 Å². The SMILES string of the molecule is [c]1ccc(CCOCC2CO2)cc1. The topological polar surface area (TPSA) is 21.8 Å². The van der Waals surface area contributed by atoms with E-state index in [-0.39, 0.29) is 0 Å². The Bertz CT molecular complexity index is 242. The van der Waals surface area contributed by atoms with Gasteiger partial charge in [-0.1, -0.05) is 24.3 Å². The molecule has 1 aromatic rings. The average molecular weight is 177 g/mol. The van der Waals surface area contributed by atoms with Gasteiger partial charge in [-0.25, -0.2) is 0 Å². The van der Waals surface area contributed by atoms with Crippen LogP contribution < -0.4 is 0 Å². The third-order valence-corrected chi connectivity index (χ3v) is 2.03. The predicted octanol–water partition coefficient (Wildman–Crippen LogP) is 1.44. The van der Waals surface area contributed by atoms with Crippen molar-refractivity contribution >= 4 is 0 Å². The highest BCUT2D eigenvalue weighted by Crippen LogP contribution is 2.08. The number of hydrogen-bond acceptors (Lipinski definition) is 2. The molecule has 2 nitrogen and oxygen atoms in total. The molecule has 1 fully saturated rings. The zero-order chi connectivity index (χ0) is 8.93. The Labute approximate surface area is 78.5 Å². The number of hydrogen-bond donors (Lipinski definition) is 0. The molecule has 1 saturated heterocycles. The molecule has 1 aliphatic heterocycles. The van der Waals surface area contributed by atoms with Gasteiger partial charge in [-0.05, 0) is 18.1 Å². The third-order valence-electron chi connectivity index (χ3n) is 2.03. The summed E-state index contributed by atoms with van der Waals surface area (Å²) in [7, 11) is 0. The van der Waals surface area contributed by atoms with E-state index in [1.165, 1.54) is 5.56 Å². The molecule has 0 N–H and O–H groups in total. The summed E-state index contributed by atoms with van der Waals surface area (Å²) in [5.41, 5.74) is 1.30. The molecule has 0 aliphatic carbocycles. The Hall–Kier alpha value is -0.860. The first-order chi connectivity index (χ1) is 6.45. The van der Waals surface area contributed by atoms with E-state index < -0.39 is 0 Å². The summed E-state index contributed by atoms with van der Waals surface area (Å²) in [6.45, 7) is 2.41. The maximum absolute atomic E-state index is 5.43. The van der Waals surface area contributed by atoms with Crippen molar-refractivity contribution in [2.45, 2.75) is 12.5 Å². The van der Waals surface area contributed by atoms with Crippen molar-refractivity contribution in [1.82, 2.24) is 0 Å². The van der Waals surface area contributed by atoms with Crippen LogP contribution in [0.4, 0.5) is 0 Å². The van der Waals surface area contributed by atoms with E-state index in [0.717, 1.165) is 26.2 Å². The Morgan fingerprint density at radius 2 is 2.23 bits per heavy atom. The van der Waals surface area contributed by atoms with Crippen LogP contribution in [0.5, 0.6) is 0 Å². The van der Waals surface area contributed by atoms with Gasteiger partial charge in [0, 0.05) is 0 Å². The monoisotopic (exact) mass is 177 g/mol. The van der Waals surface area contributed by atoms with Gasteiger partial charge in [0.2, 0.25) is 0 Å². The van der Waals surface area contributed by atoms with Crippen LogP contribution in [0.25, 0.3) is 0 Å². The molecule has 0 aromatic heterocycles. The quantitative estimate of drug-likeness (QED) is 0.501. The Kier molecular flexibility index (Phi) is 2.95. The number of rotatable bonds is 5. The first kappa shape index (κ1) is 8.73. The van der Waals surface area contributed by atoms with Crippen LogP contribution >= 0.6 is 0 Å². The second-order valence-electron chi connectivity index (χ2n) is 3.19. The largest absolute Gasteiger partial charge is 0.378 e. The molecule has 0 spiro atoms. The van der Waals surface area contributed by atoms with E-state index in [1.807, 2.05) is 12.1 Å². The van der Waals surface area contributed by atoms with Crippen molar-refractivity contribution in [2.24, 2.45) is 0 Å². The lowest BCUT2D eigenvalue weighted by molar-refractivity contribution is 0.119. The lowest BCUT2D eigenvalue weighted by Gasteiger charge is -2.01. The normalized spacial score (nSPS) is 20.2. The first-order valence-electron chi connectivity index (χ1n) is 4.59.